The first-order valence-corrected chi connectivity index (χ1v) is 7.72. The van der Waals surface area contributed by atoms with Crippen LogP contribution in [0.4, 0.5) is 0 Å². The highest BCUT2D eigenvalue weighted by Crippen LogP contribution is 2.17. The first-order valence-electron chi connectivity index (χ1n) is 5.86. The molecular weight excluding hydrogens is 262 g/mol. The van der Waals surface area contributed by atoms with Gasteiger partial charge in [-0.25, -0.2) is 0 Å². The molecule has 1 heterocycles. The summed E-state index contributed by atoms with van der Waals surface area (Å²) in [6, 6.07) is 14.1. The normalized spacial score (nSPS) is 10.2. The quantitative estimate of drug-likeness (QED) is 0.645. The Morgan fingerprint density at radius 1 is 1.17 bits per heavy atom. The number of nitrogens with one attached hydrogen (secondary N) is 1. The molecular formula is C14H15NOS2. The Bertz CT molecular complexity index is 468. The Morgan fingerprint density at radius 2 is 2.00 bits per heavy atom. The van der Waals surface area contributed by atoms with Crippen LogP contribution in [0.2, 0.25) is 0 Å². The third-order valence-electron chi connectivity index (χ3n) is 2.36. The van der Waals surface area contributed by atoms with E-state index < -0.39 is 0 Å². The molecule has 2 rings (SSSR count). The van der Waals surface area contributed by atoms with Gasteiger partial charge in [0.25, 0.3) is 5.91 Å². The predicted molar refractivity (Wildman–Crippen MR) is 78.4 cm³/mol. The second-order valence-electron chi connectivity index (χ2n) is 3.75. The largest absolute Gasteiger partial charge is 0.351 e. The summed E-state index contributed by atoms with van der Waals surface area (Å²) in [5.41, 5.74) is 0. The van der Waals surface area contributed by atoms with Crippen molar-refractivity contribution in [1.29, 1.82) is 0 Å². The summed E-state index contributed by atoms with van der Waals surface area (Å²) >= 11 is 3.30. The zero-order chi connectivity index (χ0) is 12.6. The van der Waals surface area contributed by atoms with Crippen LogP contribution in [0.1, 0.15) is 16.1 Å². The van der Waals surface area contributed by atoms with E-state index in [-0.39, 0.29) is 5.91 Å². The summed E-state index contributed by atoms with van der Waals surface area (Å²) in [5.74, 6) is 1.06. The van der Waals surface area contributed by atoms with Gasteiger partial charge in [0, 0.05) is 11.4 Å². The molecule has 0 spiro atoms. The molecule has 4 heteroatoms. The van der Waals surface area contributed by atoms with Gasteiger partial charge in [0.05, 0.1) is 4.88 Å². The number of carbonyl (C=O) groups is 1. The molecule has 1 N–H and O–H groups in total. The van der Waals surface area contributed by atoms with Crippen LogP contribution in [0, 0.1) is 0 Å². The second-order valence-corrected chi connectivity index (χ2v) is 5.86. The SMILES string of the molecule is O=C(NCCCSc1ccccc1)c1cccs1. The molecule has 0 atom stereocenters. The second kappa shape index (κ2) is 7.24. The molecule has 0 fully saturated rings. The molecule has 0 bridgehead atoms. The van der Waals surface area contributed by atoms with Crippen LogP contribution in [0.25, 0.3) is 0 Å². The van der Waals surface area contributed by atoms with Gasteiger partial charge < -0.3 is 5.32 Å². The lowest BCUT2D eigenvalue weighted by Crippen LogP contribution is -2.23. The van der Waals surface area contributed by atoms with Gasteiger partial charge in [0.2, 0.25) is 0 Å². The average Bonchev–Trinajstić information content (AvgIpc) is 2.93. The van der Waals surface area contributed by atoms with E-state index in [2.05, 4.69) is 17.4 Å². The van der Waals surface area contributed by atoms with Crippen LogP contribution < -0.4 is 5.32 Å². The zero-order valence-electron chi connectivity index (χ0n) is 9.96. The number of carbonyl (C=O) groups excluding carboxylic acids is 1. The minimum absolute atomic E-state index is 0.0368. The number of hydrogen-bond donors (Lipinski definition) is 1. The van der Waals surface area contributed by atoms with E-state index in [0.29, 0.717) is 0 Å². The summed E-state index contributed by atoms with van der Waals surface area (Å²) in [7, 11) is 0. The lowest BCUT2D eigenvalue weighted by Gasteiger charge is -2.03. The fourth-order valence-corrected chi connectivity index (χ4v) is 2.99. The molecule has 2 aromatic rings. The van der Waals surface area contributed by atoms with E-state index in [1.54, 1.807) is 0 Å². The highest BCUT2D eigenvalue weighted by atomic mass is 32.2. The maximum absolute atomic E-state index is 11.6. The first kappa shape index (κ1) is 13.2. The molecule has 0 aliphatic carbocycles. The van der Waals surface area contributed by atoms with Crippen LogP contribution in [0.5, 0.6) is 0 Å². The molecule has 0 saturated carbocycles. The summed E-state index contributed by atoms with van der Waals surface area (Å²) in [4.78, 5) is 13.7. The van der Waals surface area contributed by atoms with Gasteiger partial charge in [0.1, 0.15) is 0 Å². The van der Waals surface area contributed by atoms with Crippen LogP contribution in [-0.4, -0.2) is 18.2 Å². The molecule has 0 aliphatic rings. The van der Waals surface area contributed by atoms with Gasteiger partial charge in [-0.05, 0) is 35.8 Å². The Labute approximate surface area is 115 Å². The Morgan fingerprint density at radius 3 is 2.72 bits per heavy atom. The van der Waals surface area contributed by atoms with Crippen LogP contribution in [0.15, 0.2) is 52.7 Å². The average molecular weight is 277 g/mol. The molecule has 0 unspecified atom stereocenters. The highest BCUT2D eigenvalue weighted by Gasteiger charge is 2.04. The number of benzene rings is 1. The third-order valence-corrected chi connectivity index (χ3v) is 4.33. The van der Waals surface area contributed by atoms with Crippen molar-refractivity contribution in [3.63, 3.8) is 0 Å². The molecule has 1 amide bonds. The number of thioether (sulfide) groups is 1. The summed E-state index contributed by atoms with van der Waals surface area (Å²) in [6.07, 6.45) is 0.983. The van der Waals surface area contributed by atoms with Crippen LogP contribution in [-0.2, 0) is 0 Å². The van der Waals surface area contributed by atoms with Crippen molar-refractivity contribution in [2.75, 3.05) is 12.3 Å². The lowest BCUT2D eigenvalue weighted by atomic mass is 10.4. The van der Waals surface area contributed by atoms with Crippen LogP contribution in [0.3, 0.4) is 0 Å². The molecule has 1 aromatic heterocycles. The molecule has 0 aliphatic heterocycles. The Balaban J connectivity index is 1.61. The highest BCUT2D eigenvalue weighted by molar-refractivity contribution is 7.99. The fourth-order valence-electron chi connectivity index (χ4n) is 1.48. The van der Waals surface area contributed by atoms with Gasteiger partial charge in [-0.2, -0.15) is 0 Å². The van der Waals surface area contributed by atoms with Crippen molar-refractivity contribution in [2.24, 2.45) is 0 Å². The van der Waals surface area contributed by atoms with Gasteiger partial charge in [-0.3, -0.25) is 4.79 Å². The number of amides is 1. The van der Waals surface area contributed by atoms with E-state index in [1.165, 1.54) is 16.2 Å². The number of thiophene rings is 1. The van der Waals surface area contributed by atoms with E-state index in [4.69, 9.17) is 0 Å². The minimum Gasteiger partial charge on any atom is -0.351 e. The van der Waals surface area contributed by atoms with Gasteiger partial charge in [-0.15, -0.1) is 23.1 Å². The van der Waals surface area contributed by atoms with Crippen molar-refractivity contribution >= 4 is 29.0 Å². The Kier molecular flexibility index (Phi) is 5.30. The number of rotatable bonds is 6. The predicted octanol–water partition coefficient (Wildman–Crippen LogP) is 3.66. The van der Waals surface area contributed by atoms with Crippen molar-refractivity contribution in [3.8, 4) is 0 Å². The standard InChI is InChI=1S/C14H15NOS2/c16-14(13-8-4-10-18-13)15-9-5-11-17-12-6-2-1-3-7-12/h1-4,6-8,10H,5,9,11H2,(H,15,16). The van der Waals surface area contributed by atoms with Gasteiger partial charge in [0.15, 0.2) is 0 Å². The van der Waals surface area contributed by atoms with Crippen LogP contribution >= 0.6 is 23.1 Å². The minimum atomic E-state index is 0.0368. The fraction of sp³-hybridized carbons (Fsp3) is 0.214. The monoisotopic (exact) mass is 277 g/mol. The van der Waals surface area contributed by atoms with E-state index in [0.717, 1.165) is 23.6 Å². The molecule has 1 aromatic carbocycles. The smallest absolute Gasteiger partial charge is 0.261 e. The van der Waals surface area contributed by atoms with Gasteiger partial charge >= 0.3 is 0 Å². The Hall–Kier alpha value is -1.26. The third kappa shape index (κ3) is 4.20. The van der Waals surface area contributed by atoms with Gasteiger partial charge in [-0.1, -0.05) is 24.3 Å². The topological polar surface area (TPSA) is 29.1 Å². The van der Waals surface area contributed by atoms with E-state index in [1.807, 2.05) is 47.5 Å². The molecule has 2 nitrogen and oxygen atoms in total. The first-order chi connectivity index (χ1) is 8.86. The van der Waals surface area contributed by atoms with Crippen molar-refractivity contribution in [2.45, 2.75) is 11.3 Å². The summed E-state index contributed by atoms with van der Waals surface area (Å²) in [5, 5.41) is 4.85. The summed E-state index contributed by atoms with van der Waals surface area (Å²) in [6.45, 7) is 0.733. The lowest BCUT2D eigenvalue weighted by molar-refractivity contribution is 0.0958. The van der Waals surface area contributed by atoms with Crippen molar-refractivity contribution < 1.29 is 4.79 Å². The molecule has 0 saturated heterocycles. The number of hydrogen-bond acceptors (Lipinski definition) is 3. The molecule has 94 valence electrons. The maximum Gasteiger partial charge on any atom is 0.261 e. The van der Waals surface area contributed by atoms with E-state index >= 15 is 0 Å². The zero-order valence-corrected chi connectivity index (χ0v) is 11.6. The van der Waals surface area contributed by atoms with E-state index in [9.17, 15) is 4.79 Å². The molecule has 18 heavy (non-hydrogen) atoms. The maximum atomic E-state index is 11.6. The summed E-state index contributed by atoms with van der Waals surface area (Å²) < 4.78 is 0. The molecule has 0 radical (unpaired) electrons. The van der Waals surface area contributed by atoms with Crippen molar-refractivity contribution in [1.82, 2.24) is 5.32 Å². The van der Waals surface area contributed by atoms with Crippen molar-refractivity contribution in [3.05, 3.63) is 52.7 Å².